The standard InChI is InChI=1S/C15H16F2N4OS/c16-14(17)13-11(5-9-23-13)15(22)21-7-3-10(4-8-21)19-12-2-1-6-18-20-12/h1-2,5-6,9-10,14H,3-4,7-8H2,(H,19,20). The van der Waals surface area contributed by atoms with Crippen molar-refractivity contribution in [3.8, 4) is 0 Å². The molecular formula is C15H16F2N4OS. The highest BCUT2D eigenvalue weighted by Gasteiger charge is 2.27. The van der Waals surface area contributed by atoms with Crippen molar-refractivity contribution in [1.29, 1.82) is 0 Å². The number of carbonyl (C=O) groups excluding carboxylic acids is 1. The number of rotatable bonds is 4. The Morgan fingerprint density at radius 3 is 2.78 bits per heavy atom. The number of halogens is 2. The lowest BCUT2D eigenvalue weighted by Crippen LogP contribution is -2.42. The first-order chi connectivity index (χ1) is 11.1. The number of piperidine rings is 1. The molecule has 0 bridgehead atoms. The Hall–Kier alpha value is -2.09. The van der Waals surface area contributed by atoms with Gasteiger partial charge in [0.15, 0.2) is 0 Å². The van der Waals surface area contributed by atoms with Gasteiger partial charge >= 0.3 is 0 Å². The topological polar surface area (TPSA) is 58.1 Å². The van der Waals surface area contributed by atoms with E-state index in [0.717, 1.165) is 24.2 Å². The third-order valence-electron chi connectivity index (χ3n) is 3.83. The summed E-state index contributed by atoms with van der Waals surface area (Å²) >= 11 is 0.927. The van der Waals surface area contributed by atoms with Crippen LogP contribution in [0.3, 0.4) is 0 Å². The van der Waals surface area contributed by atoms with Gasteiger partial charge in [-0.25, -0.2) is 8.78 Å². The predicted molar refractivity (Wildman–Crippen MR) is 83.9 cm³/mol. The molecule has 0 atom stereocenters. The van der Waals surface area contributed by atoms with Crippen molar-refractivity contribution < 1.29 is 13.6 Å². The van der Waals surface area contributed by atoms with Gasteiger partial charge in [0.05, 0.1) is 10.4 Å². The van der Waals surface area contributed by atoms with Crippen LogP contribution in [0, 0.1) is 0 Å². The van der Waals surface area contributed by atoms with Crippen molar-refractivity contribution >= 4 is 23.1 Å². The Morgan fingerprint density at radius 2 is 2.13 bits per heavy atom. The number of nitrogens with zero attached hydrogens (tertiary/aromatic N) is 3. The van der Waals surface area contributed by atoms with Crippen LogP contribution in [-0.2, 0) is 0 Å². The summed E-state index contributed by atoms with van der Waals surface area (Å²) in [5, 5.41) is 12.6. The van der Waals surface area contributed by atoms with Gasteiger partial charge in [-0.05, 0) is 36.4 Å². The van der Waals surface area contributed by atoms with Gasteiger partial charge in [0.25, 0.3) is 12.3 Å². The molecule has 0 saturated carbocycles. The Labute approximate surface area is 136 Å². The smallest absolute Gasteiger partial charge is 0.273 e. The number of carbonyl (C=O) groups is 1. The van der Waals surface area contributed by atoms with Crippen molar-refractivity contribution in [1.82, 2.24) is 15.1 Å². The maximum atomic E-state index is 12.9. The Morgan fingerprint density at radius 1 is 1.35 bits per heavy atom. The zero-order chi connectivity index (χ0) is 16.2. The normalized spacial score (nSPS) is 15.9. The van der Waals surface area contributed by atoms with E-state index in [2.05, 4.69) is 15.5 Å². The summed E-state index contributed by atoms with van der Waals surface area (Å²) in [6, 6.07) is 5.33. The van der Waals surface area contributed by atoms with Crippen LogP contribution in [0.15, 0.2) is 29.8 Å². The maximum absolute atomic E-state index is 12.9. The van der Waals surface area contributed by atoms with E-state index < -0.39 is 6.43 Å². The zero-order valence-electron chi connectivity index (χ0n) is 12.3. The van der Waals surface area contributed by atoms with Crippen molar-refractivity contribution in [2.45, 2.75) is 25.3 Å². The summed E-state index contributed by atoms with van der Waals surface area (Å²) in [7, 11) is 0. The van der Waals surface area contributed by atoms with Gasteiger partial charge in [-0.1, -0.05) is 0 Å². The van der Waals surface area contributed by atoms with Crippen LogP contribution in [0.4, 0.5) is 14.6 Å². The fraction of sp³-hybridized carbons (Fsp3) is 0.400. The molecule has 0 aromatic carbocycles. The lowest BCUT2D eigenvalue weighted by Gasteiger charge is -2.32. The molecule has 3 heterocycles. The van der Waals surface area contributed by atoms with Crippen LogP contribution in [0.1, 0.15) is 34.5 Å². The number of hydrogen-bond donors (Lipinski definition) is 1. The van der Waals surface area contributed by atoms with Crippen molar-refractivity contribution in [3.05, 3.63) is 40.2 Å². The van der Waals surface area contributed by atoms with E-state index in [-0.39, 0.29) is 22.4 Å². The summed E-state index contributed by atoms with van der Waals surface area (Å²) in [5.41, 5.74) is 0.130. The Kier molecular flexibility index (Phi) is 4.80. The monoisotopic (exact) mass is 338 g/mol. The Bertz CT molecular complexity index is 657. The molecule has 1 N–H and O–H groups in total. The van der Waals surface area contributed by atoms with Crippen molar-refractivity contribution in [2.75, 3.05) is 18.4 Å². The van der Waals surface area contributed by atoms with Crippen LogP contribution in [-0.4, -0.2) is 40.1 Å². The minimum Gasteiger partial charge on any atom is -0.366 e. The largest absolute Gasteiger partial charge is 0.366 e. The van der Waals surface area contributed by atoms with Gasteiger partial charge in [0.1, 0.15) is 5.82 Å². The number of hydrogen-bond acceptors (Lipinski definition) is 5. The first kappa shape index (κ1) is 15.8. The second kappa shape index (κ2) is 6.99. The van der Waals surface area contributed by atoms with E-state index in [1.165, 1.54) is 11.4 Å². The summed E-state index contributed by atoms with van der Waals surface area (Å²) in [5.74, 6) is 0.398. The molecule has 3 rings (SSSR count). The van der Waals surface area contributed by atoms with E-state index in [9.17, 15) is 13.6 Å². The molecule has 23 heavy (non-hydrogen) atoms. The van der Waals surface area contributed by atoms with Crippen LogP contribution in [0.2, 0.25) is 0 Å². The zero-order valence-corrected chi connectivity index (χ0v) is 13.1. The molecule has 0 aliphatic carbocycles. The molecule has 0 unspecified atom stereocenters. The molecule has 1 aliphatic rings. The molecule has 2 aromatic rings. The van der Waals surface area contributed by atoms with Gasteiger partial charge in [0.2, 0.25) is 0 Å². The number of nitrogens with one attached hydrogen (secondary N) is 1. The molecule has 122 valence electrons. The third kappa shape index (κ3) is 3.64. The minimum absolute atomic E-state index is 0.130. The van der Waals surface area contributed by atoms with E-state index in [0.29, 0.717) is 18.9 Å². The molecular weight excluding hydrogens is 322 g/mol. The van der Waals surface area contributed by atoms with E-state index in [1.807, 2.05) is 6.07 Å². The average molecular weight is 338 g/mol. The first-order valence-electron chi connectivity index (χ1n) is 7.34. The van der Waals surface area contributed by atoms with Crippen LogP contribution in [0.25, 0.3) is 0 Å². The molecule has 5 nitrogen and oxygen atoms in total. The molecule has 0 radical (unpaired) electrons. The van der Waals surface area contributed by atoms with Gasteiger partial charge in [0, 0.05) is 25.3 Å². The van der Waals surface area contributed by atoms with Gasteiger partial charge in [-0.3, -0.25) is 4.79 Å². The summed E-state index contributed by atoms with van der Waals surface area (Å²) < 4.78 is 25.8. The fourth-order valence-electron chi connectivity index (χ4n) is 2.65. The highest BCUT2D eigenvalue weighted by Crippen LogP contribution is 2.30. The SMILES string of the molecule is O=C(c1ccsc1C(F)F)N1CCC(Nc2cccnn2)CC1. The van der Waals surface area contributed by atoms with E-state index >= 15 is 0 Å². The number of likely N-dealkylation sites (tertiary alicyclic amines) is 1. The molecule has 1 fully saturated rings. The quantitative estimate of drug-likeness (QED) is 0.930. The van der Waals surface area contributed by atoms with Crippen LogP contribution in [0.5, 0.6) is 0 Å². The summed E-state index contributed by atoms with van der Waals surface area (Å²) in [6.45, 7) is 1.07. The summed E-state index contributed by atoms with van der Waals surface area (Å²) in [4.78, 5) is 13.9. The van der Waals surface area contributed by atoms with Crippen molar-refractivity contribution in [2.24, 2.45) is 0 Å². The number of alkyl halides is 2. The molecule has 0 spiro atoms. The average Bonchev–Trinajstić information content (AvgIpc) is 3.06. The highest BCUT2D eigenvalue weighted by atomic mass is 32.1. The lowest BCUT2D eigenvalue weighted by molar-refractivity contribution is 0.0709. The van der Waals surface area contributed by atoms with Gasteiger partial charge < -0.3 is 10.2 Å². The first-order valence-corrected chi connectivity index (χ1v) is 8.22. The van der Waals surface area contributed by atoms with Crippen LogP contribution >= 0.6 is 11.3 Å². The second-order valence-electron chi connectivity index (χ2n) is 5.32. The van der Waals surface area contributed by atoms with Gasteiger partial charge in [-0.15, -0.1) is 16.4 Å². The van der Waals surface area contributed by atoms with Crippen molar-refractivity contribution in [3.63, 3.8) is 0 Å². The van der Waals surface area contributed by atoms with E-state index in [4.69, 9.17) is 0 Å². The number of aromatic nitrogens is 2. The minimum atomic E-state index is -2.61. The second-order valence-corrected chi connectivity index (χ2v) is 6.27. The van der Waals surface area contributed by atoms with Crippen LogP contribution < -0.4 is 5.32 Å². The Balaban J connectivity index is 1.58. The molecule has 8 heteroatoms. The number of thiophene rings is 1. The van der Waals surface area contributed by atoms with Gasteiger partial charge in [-0.2, -0.15) is 5.10 Å². The summed E-state index contributed by atoms with van der Waals surface area (Å²) in [6.07, 6.45) is 0.491. The highest BCUT2D eigenvalue weighted by molar-refractivity contribution is 7.10. The fourth-order valence-corrected chi connectivity index (χ4v) is 3.39. The maximum Gasteiger partial charge on any atom is 0.273 e. The van der Waals surface area contributed by atoms with E-state index in [1.54, 1.807) is 17.2 Å². The number of amides is 1. The molecule has 1 saturated heterocycles. The molecule has 1 amide bonds. The third-order valence-corrected chi connectivity index (χ3v) is 4.75. The lowest BCUT2D eigenvalue weighted by atomic mass is 10.0. The predicted octanol–water partition coefficient (Wildman–Crippen LogP) is 3.19. The molecule has 1 aliphatic heterocycles. The molecule has 2 aromatic heterocycles. The number of anilines is 1.